The van der Waals surface area contributed by atoms with Crippen molar-refractivity contribution >= 4 is 12.0 Å². The van der Waals surface area contributed by atoms with E-state index in [0.717, 1.165) is 26.1 Å². The number of anilines is 1. The summed E-state index contributed by atoms with van der Waals surface area (Å²) in [5.74, 6) is -1.06. The lowest BCUT2D eigenvalue weighted by atomic mass is 10.3. The van der Waals surface area contributed by atoms with Gasteiger partial charge in [0.25, 0.3) is 6.01 Å². The van der Waals surface area contributed by atoms with Gasteiger partial charge in [0.15, 0.2) is 5.69 Å². The molecule has 6 heteroatoms. The first kappa shape index (κ1) is 11.9. The normalized spacial score (nSPS) is 22.5. The highest BCUT2D eigenvalue weighted by Gasteiger charge is 2.24. The number of hydrogen-bond acceptors (Lipinski definition) is 5. The Kier molecular flexibility index (Phi) is 3.33. The van der Waals surface area contributed by atoms with Crippen LogP contribution in [0.1, 0.15) is 23.8 Å². The maximum atomic E-state index is 10.7. The van der Waals surface area contributed by atoms with Crippen LogP contribution in [0.25, 0.3) is 0 Å². The van der Waals surface area contributed by atoms with Gasteiger partial charge >= 0.3 is 5.97 Å². The molecule has 0 spiro atoms. The van der Waals surface area contributed by atoms with Crippen LogP contribution in [0, 0.1) is 0 Å². The van der Waals surface area contributed by atoms with Crippen molar-refractivity contribution in [3.05, 3.63) is 12.0 Å². The fourth-order valence-corrected chi connectivity index (χ4v) is 2.15. The summed E-state index contributed by atoms with van der Waals surface area (Å²) >= 11 is 0. The zero-order valence-electron chi connectivity index (χ0n) is 10.1. The minimum Gasteiger partial charge on any atom is -0.476 e. The topological polar surface area (TPSA) is 69.8 Å². The summed E-state index contributed by atoms with van der Waals surface area (Å²) in [6, 6.07) is 0.674. The van der Waals surface area contributed by atoms with Crippen LogP contribution in [0.2, 0.25) is 0 Å². The molecule has 1 saturated heterocycles. The highest BCUT2D eigenvalue weighted by Crippen LogP contribution is 2.19. The number of nitrogens with zero attached hydrogens (tertiary/aromatic N) is 3. The zero-order valence-corrected chi connectivity index (χ0v) is 10.1. The first-order valence-corrected chi connectivity index (χ1v) is 5.72. The third kappa shape index (κ3) is 2.58. The van der Waals surface area contributed by atoms with Crippen LogP contribution >= 0.6 is 0 Å². The third-order valence-corrected chi connectivity index (χ3v) is 3.00. The van der Waals surface area contributed by atoms with Gasteiger partial charge in [-0.1, -0.05) is 0 Å². The molecule has 1 aliphatic heterocycles. The molecule has 0 radical (unpaired) electrons. The summed E-state index contributed by atoms with van der Waals surface area (Å²) in [5.41, 5.74) is -0.0372. The Morgan fingerprint density at radius 3 is 3.00 bits per heavy atom. The summed E-state index contributed by atoms with van der Waals surface area (Å²) in [4.78, 5) is 19.0. The molecule has 1 unspecified atom stereocenters. The van der Waals surface area contributed by atoms with E-state index in [4.69, 9.17) is 9.52 Å². The molecule has 2 rings (SSSR count). The maximum Gasteiger partial charge on any atom is 0.357 e. The molecule has 0 aliphatic carbocycles. The minimum absolute atomic E-state index is 0.0372. The molecule has 0 bridgehead atoms. The lowest BCUT2D eigenvalue weighted by Crippen LogP contribution is -2.38. The SMILES string of the molecule is CC1CN(C)CCCN1c1nc(C(=O)O)co1. The molecule has 1 N–H and O–H groups in total. The Labute approximate surface area is 99.8 Å². The van der Waals surface area contributed by atoms with Crippen LogP contribution in [-0.4, -0.2) is 53.7 Å². The van der Waals surface area contributed by atoms with Crippen molar-refractivity contribution < 1.29 is 14.3 Å². The summed E-state index contributed by atoms with van der Waals surface area (Å²) < 4.78 is 5.24. The monoisotopic (exact) mass is 239 g/mol. The van der Waals surface area contributed by atoms with Crippen molar-refractivity contribution in [3.63, 3.8) is 0 Å². The highest BCUT2D eigenvalue weighted by molar-refractivity contribution is 5.85. The second kappa shape index (κ2) is 4.75. The third-order valence-electron chi connectivity index (χ3n) is 3.00. The van der Waals surface area contributed by atoms with Crippen molar-refractivity contribution in [2.75, 3.05) is 31.6 Å². The molecule has 1 atom stereocenters. The summed E-state index contributed by atoms with van der Waals surface area (Å²) in [7, 11) is 2.08. The van der Waals surface area contributed by atoms with Crippen molar-refractivity contribution in [3.8, 4) is 0 Å². The van der Waals surface area contributed by atoms with E-state index in [1.807, 2.05) is 4.90 Å². The van der Waals surface area contributed by atoms with Gasteiger partial charge in [-0.25, -0.2) is 4.79 Å². The van der Waals surface area contributed by atoms with E-state index in [2.05, 4.69) is 23.9 Å². The van der Waals surface area contributed by atoms with Crippen LogP contribution in [-0.2, 0) is 0 Å². The smallest absolute Gasteiger partial charge is 0.357 e. The Morgan fingerprint density at radius 2 is 2.35 bits per heavy atom. The second-order valence-electron chi connectivity index (χ2n) is 4.48. The highest BCUT2D eigenvalue weighted by atomic mass is 16.4. The number of hydrogen-bond donors (Lipinski definition) is 1. The number of carbonyl (C=O) groups is 1. The molecular weight excluding hydrogens is 222 g/mol. The zero-order chi connectivity index (χ0) is 12.4. The molecule has 1 aromatic rings. The first-order chi connectivity index (χ1) is 8.08. The molecule has 17 heavy (non-hydrogen) atoms. The number of carboxylic acid groups (broad SMARTS) is 1. The molecule has 1 aromatic heterocycles. The van der Waals surface area contributed by atoms with E-state index in [9.17, 15) is 4.79 Å². The Hall–Kier alpha value is -1.56. The van der Waals surface area contributed by atoms with E-state index in [1.54, 1.807) is 0 Å². The van der Waals surface area contributed by atoms with Crippen LogP contribution < -0.4 is 4.90 Å². The van der Waals surface area contributed by atoms with Crippen molar-refractivity contribution in [2.45, 2.75) is 19.4 Å². The predicted octanol–water partition coefficient (Wildman–Crippen LogP) is 0.903. The molecule has 0 aromatic carbocycles. The number of aromatic carboxylic acids is 1. The quantitative estimate of drug-likeness (QED) is 0.827. The van der Waals surface area contributed by atoms with E-state index in [0.29, 0.717) is 6.01 Å². The van der Waals surface area contributed by atoms with Crippen molar-refractivity contribution in [2.24, 2.45) is 0 Å². The Morgan fingerprint density at radius 1 is 1.59 bits per heavy atom. The lowest BCUT2D eigenvalue weighted by molar-refractivity contribution is 0.0690. The van der Waals surface area contributed by atoms with Crippen molar-refractivity contribution in [1.29, 1.82) is 0 Å². The van der Waals surface area contributed by atoms with Gasteiger partial charge in [0.2, 0.25) is 0 Å². The van der Waals surface area contributed by atoms with Gasteiger partial charge < -0.3 is 19.3 Å². The Balaban J connectivity index is 2.16. The Bertz CT molecular complexity index is 404. The van der Waals surface area contributed by atoms with Crippen LogP contribution in [0.4, 0.5) is 6.01 Å². The van der Waals surface area contributed by atoms with E-state index in [-0.39, 0.29) is 11.7 Å². The molecule has 0 saturated carbocycles. The number of rotatable bonds is 2. The average Bonchev–Trinajstić information content (AvgIpc) is 2.67. The van der Waals surface area contributed by atoms with Crippen LogP contribution in [0.3, 0.4) is 0 Å². The molecular formula is C11H17N3O3. The fraction of sp³-hybridized carbons (Fsp3) is 0.636. The number of oxazole rings is 1. The summed E-state index contributed by atoms with van der Waals surface area (Å²) in [6.45, 7) is 4.88. The van der Waals surface area contributed by atoms with Gasteiger partial charge in [-0.15, -0.1) is 0 Å². The van der Waals surface area contributed by atoms with Gasteiger partial charge in [0.1, 0.15) is 6.26 Å². The molecule has 0 amide bonds. The van der Waals surface area contributed by atoms with E-state index in [1.165, 1.54) is 6.26 Å². The van der Waals surface area contributed by atoms with Gasteiger partial charge in [-0.05, 0) is 26.9 Å². The van der Waals surface area contributed by atoms with Gasteiger partial charge in [-0.2, -0.15) is 4.98 Å². The maximum absolute atomic E-state index is 10.7. The van der Waals surface area contributed by atoms with E-state index >= 15 is 0 Å². The second-order valence-corrected chi connectivity index (χ2v) is 4.48. The number of carboxylic acids is 1. The lowest BCUT2D eigenvalue weighted by Gasteiger charge is -2.26. The van der Waals surface area contributed by atoms with E-state index < -0.39 is 5.97 Å². The number of likely N-dealkylation sites (N-methyl/N-ethyl adjacent to an activating group) is 1. The summed E-state index contributed by atoms with van der Waals surface area (Å²) in [5, 5.41) is 8.81. The minimum atomic E-state index is -1.06. The largest absolute Gasteiger partial charge is 0.476 e. The average molecular weight is 239 g/mol. The van der Waals surface area contributed by atoms with Crippen LogP contribution in [0.5, 0.6) is 0 Å². The molecule has 1 fully saturated rings. The van der Waals surface area contributed by atoms with Gasteiger partial charge in [-0.3, -0.25) is 0 Å². The fourth-order valence-electron chi connectivity index (χ4n) is 2.15. The standard InChI is InChI=1S/C11H17N3O3/c1-8-6-13(2)4-3-5-14(8)11-12-9(7-17-11)10(15)16/h7-8H,3-6H2,1-2H3,(H,15,16). The van der Waals surface area contributed by atoms with Gasteiger partial charge in [0.05, 0.1) is 0 Å². The molecule has 2 heterocycles. The van der Waals surface area contributed by atoms with Crippen LogP contribution in [0.15, 0.2) is 10.7 Å². The first-order valence-electron chi connectivity index (χ1n) is 5.72. The molecule has 1 aliphatic rings. The summed E-state index contributed by atoms with van der Waals surface area (Å²) in [6.07, 6.45) is 2.21. The molecule has 6 nitrogen and oxygen atoms in total. The molecule has 94 valence electrons. The predicted molar refractivity (Wildman–Crippen MR) is 62.4 cm³/mol. The number of aromatic nitrogens is 1. The van der Waals surface area contributed by atoms with Gasteiger partial charge in [0, 0.05) is 19.1 Å². The van der Waals surface area contributed by atoms with Crippen molar-refractivity contribution in [1.82, 2.24) is 9.88 Å².